The maximum Gasteiger partial charge on any atom is 0.359 e. The van der Waals surface area contributed by atoms with Crippen LogP contribution in [0.1, 0.15) is 17.4 Å². The Kier molecular flexibility index (Phi) is 5.58. The van der Waals surface area contributed by atoms with E-state index in [0.29, 0.717) is 27.0 Å². The fourth-order valence-electron chi connectivity index (χ4n) is 2.46. The number of esters is 1. The quantitative estimate of drug-likeness (QED) is 0.550. The molecule has 1 aromatic carbocycles. The van der Waals surface area contributed by atoms with Gasteiger partial charge in [-0.2, -0.15) is 0 Å². The van der Waals surface area contributed by atoms with Gasteiger partial charge < -0.3 is 9.47 Å². The molecule has 0 radical (unpaired) electrons. The lowest BCUT2D eigenvalue weighted by molar-refractivity contribution is 0.0519. The standard InChI is InChI=1S/C18H15BrClN3O3/c1-3-26-18(24)14-15(19)23(13-9-12(20)10-21-17(13)25-2)16(22-14)11-7-5-4-6-8-11/h4-10H,3H2,1-2H3. The summed E-state index contributed by atoms with van der Waals surface area (Å²) in [5, 5.41) is 0.429. The van der Waals surface area contributed by atoms with Crippen LogP contribution in [0.15, 0.2) is 47.2 Å². The molecule has 6 nitrogen and oxygen atoms in total. The number of benzene rings is 1. The number of rotatable bonds is 5. The van der Waals surface area contributed by atoms with Crippen LogP contribution in [-0.2, 0) is 4.74 Å². The van der Waals surface area contributed by atoms with Gasteiger partial charge in [-0.15, -0.1) is 0 Å². The molecule has 3 rings (SSSR count). The number of imidazole rings is 1. The number of nitrogens with zero attached hydrogens (tertiary/aromatic N) is 3. The van der Waals surface area contributed by atoms with Crippen molar-refractivity contribution in [1.82, 2.24) is 14.5 Å². The second kappa shape index (κ2) is 7.88. The van der Waals surface area contributed by atoms with Crippen molar-refractivity contribution in [2.75, 3.05) is 13.7 Å². The van der Waals surface area contributed by atoms with Gasteiger partial charge in [-0.1, -0.05) is 41.9 Å². The minimum atomic E-state index is -0.524. The Hall–Kier alpha value is -2.38. The lowest BCUT2D eigenvalue weighted by atomic mass is 10.2. The summed E-state index contributed by atoms with van der Waals surface area (Å²) < 4.78 is 12.6. The van der Waals surface area contributed by atoms with Crippen molar-refractivity contribution < 1.29 is 14.3 Å². The predicted octanol–water partition coefficient (Wildman–Crippen LogP) is 4.54. The van der Waals surface area contributed by atoms with E-state index in [1.807, 2.05) is 30.3 Å². The first kappa shape index (κ1) is 18.4. The maximum absolute atomic E-state index is 12.3. The first-order valence-electron chi connectivity index (χ1n) is 7.77. The van der Waals surface area contributed by atoms with Crippen LogP contribution < -0.4 is 4.74 Å². The van der Waals surface area contributed by atoms with Gasteiger partial charge in [0.25, 0.3) is 0 Å². The second-order valence-electron chi connectivity index (χ2n) is 5.18. The summed E-state index contributed by atoms with van der Waals surface area (Å²) in [5.74, 6) is 0.354. The van der Waals surface area contributed by atoms with Crippen LogP contribution in [0.5, 0.6) is 5.88 Å². The van der Waals surface area contributed by atoms with Crippen molar-refractivity contribution in [2.45, 2.75) is 6.92 Å². The molecule has 0 N–H and O–H groups in total. The van der Waals surface area contributed by atoms with E-state index in [9.17, 15) is 4.79 Å². The average Bonchev–Trinajstić information content (AvgIpc) is 3.00. The van der Waals surface area contributed by atoms with Crippen LogP contribution in [0, 0.1) is 0 Å². The summed E-state index contributed by atoms with van der Waals surface area (Å²) in [5.41, 5.74) is 1.52. The summed E-state index contributed by atoms with van der Waals surface area (Å²) in [6.07, 6.45) is 1.49. The molecule has 134 valence electrons. The third kappa shape index (κ3) is 3.45. The SMILES string of the molecule is CCOC(=O)c1nc(-c2ccccc2)n(-c2cc(Cl)cnc2OC)c1Br. The molecule has 0 spiro atoms. The molecule has 0 atom stereocenters. The summed E-state index contributed by atoms with van der Waals surface area (Å²) in [7, 11) is 1.51. The molecule has 26 heavy (non-hydrogen) atoms. The molecule has 3 aromatic rings. The highest BCUT2D eigenvalue weighted by Crippen LogP contribution is 2.34. The molecule has 0 aliphatic carbocycles. The van der Waals surface area contributed by atoms with Gasteiger partial charge in [-0.05, 0) is 28.9 Å². The van der Waals surface area contributed by atoms with Crippen molar-refractivity contribution >= 4 is 33.5 Å². The molecule has 0 bridgehead atoms. The van der Waals surface area contributed by atoms with Gasteiger partial charge >= 0.3 is 5.97 Å². The van der Waals surface area contributed by atoms with Crippen molar-refractivity contribution in [3.05, 3.63) is 57.9 Å². The Balaban J connectivity index is 2.30. The summed E-state index contributed by atoms with van der Waals surface area (Å²) in [6.45, 7) is 1.99. The van der Waals surface area contributed by atoms with Crippen molar-refractivity contribution in [1.29, 1.82) is 0 Å². The Morgan fingerprint density at radius 2 is 2.04 bits per heavy atom. The zero-order chi connectivity index (χ0) is 18.7. The highest BCUT2D eigenvalue weighted by molar-refractivity contribution is 9.10. The number of ether oxygens (including phenoxy) is 2. The molecule has 0 saturated heterocycles. The number of carbonyl (C=O) groups excluding carboxylic acids is 1. The minimum absolute atomic E-state index is 0.160. The maximum atomic E-state index is 12.3. The van der Waals surface area contributed by atoms with Crippen LogP contribution in [0.3, 0.4) is 0 Å². The van der Waals surface area contributed by atoms with Gasteiger partial charge in [0.2, 0.25) is 5.88 Å². The van der Waals surface area contributed by atoms with Crippen LogP contribution in [0.25, 0.3) is 17.1 Å². The van der Waals surface area contributed by atoms with E-state index in [4.69, 9.17) is 21.1 Å². The van der Waals surface area contributed by atoms with Crippen LogP contribution in [0.2, 0.25) is 5.02 Å². The van der Waals surface area contributed by atoms with Gasteiger partial charge in [0.15, 0.2) is 5.69 Å². The Bertz CT molecular complexity index is 944. The molecule has 0 fully saturated rings. The number of methoxy groups -OCH3 is 1. The summed E-state index contributed by atoms with van der Waals surface area (Å²) in [4.78, 5) is 21.0. The van der Waals surface area contributed by atoms with Crippen LogP contribution >= 0.6 is 27.5 Å². The topological polar surface area (TPSA) is 66.2 Å². The molecule has 8 heteroatoms. The smallest absolute Gasteiger partial charge is 0.359 e. The predicted molar refractivity (Wildman–Crippen MR) is 102 cm³/mol. The number of hydrogen-bond donors (Lipinski definition) is 0. The number of halogens is 2. The lowest BCUT2D eigenvalue weighted by Crippen LogP contribution is -2.06. The van der Waals surface area contributed by atoms with E-state index < -0.39 is 5.97 Å². The molecule has 2 heterocycles. The first-order chi connectivity index (χ1) is 12.6. The number of pyridine rings is 1. The van der Waals surface area contributed by atoms with Gasteiger partial charge in [0, 0.05) is 11.8 Å². The van der Waals surface area contributed by atoms with E-state index in [-0.39, 0.29) is 12.3 Å². The number of carbonyl (C=O) groups is 1. The zero-order valence-corrected chi connectivity index (χ0v) is 16.4. The second-order valence-corrected chi connectivity index (χ2v) is 6.37. The highest BCUT2D eigenvalue weighted by atomic mass is 79.9. The van der Waals surface area contributed by atoms with Crippen LogP contribution in [0.4, 0.5) is 0 Å². The molecule has 0 saturated carbocycles. The van der Waals surface area contributed by atoms with Gasteiger partial charge in [-0.3, -0.25) is 4.57 Å². The van der Waals surface area contributed by atoms with Gasteiger partial charge in [0.05, 0.1) is 18.7 Å². The van der Waals surface area contributed by atoms with Gasteiger partial charge in [0.1, 0.15) is 16.1 Å². The van der Waals surface area contributed by atoms with Crippen LogP contribution in [-0.4, -0.2) is 34.2 Å². The monoisotopic (exact) mass is 435 g/mol. The van der Waals surface area contributed by atoms with E-state index >= 15 is 0 Å². The van der Waals surface area contributed by atoms with Crippen molar-refractivity contribution in [3.8, 4) is 23.0 Å². The number of aromatic nitrogens is 3. The third-order valence-electron chi connectivity index (χ3n) is 3.56. The number of hydrogen-bond acceptors (Lipinski definition) is 5. The Morgan fingerprint density at radius 3 is 2.69 bits per heavy atom. The van der Waals surface area contributed by atoms with E-state index in [0.717, 1.165) is 5.56 Å². The van der Waals surface area contributed by atoms with Crippen molar-refractivity contribution in [2.24, 2.45) is 0 Å². The molecular formula is C18H15BrClN3O3. The third-order valence-corrected chi connectivity index (χ3v) is 4.49. The van der Waals surface area contributed by atoms with Crippen molar-refractivity contribution in [3.63, 3.8) is 0 Å². The fraction of sp³-hybridized carbons (Fsp3) is 0.167. The highest BCUT2D eigenvalue weighted by Gasteiger charge is 2.25. The molecule has 0 unspecified atom stereocenters. The lowest BCUT2D eigenvalue weighted by Gasteiger charge is -2.13. The molecule has 2 aromatic heterocycles. The summed E-state index contributed by atoms with van der Waals surface area (Å²) >= 11 is 9.60. The van der Waals surface area contributed by atoms with E-state index in [1.54, 1.807) is 17.6 Å². The molecule has 0 aliphatic rings. The fourth-order valence-corrected chi connectivity index (χ4v) is 3.23. The molecular weight excluding hydrogens is 422 g/mol. The Labute approximate surface area is 163 Å². The van der Waals surface area contributed by atoms with E-state index in [2.05, 4.69) is 25.9 Å². The Morgan fingerprint density at radius 1 is 1.31 bits per heavy atom. The minimum Gasteiger partial charge on any atom is -0.479 e. The molecule has 0 amide bonds. The average molecular weight is 437 g/mol. The molecule has 0 aliphatic heterocycles. The summed E-state index contributed by atoms with van der Waals surface area (Å²) in [6, 6.07) is 11.2. The largest absolute Gasteiger partial charge is 0.479 e. The first-order valence-corrected chi connectivity index (χ1v) is 8.94. The van der Waals surface area contributed by atoms with E-state index in [1.165, 1.54) is 13.3 Å². The van der Waals surface area contributed by atoms with Gasteiger partial charge in [-0.25, -0.2) is 14.8 Å². The normalized spacial score (nSPS) is 10.6. The zero-order valence-electron chi connectivity index (χ0n) is 14.1.